The van der Waals surface area contributed by atoms with Crippen LogP contribution in [0, 0.1) is 0 Å². The van der Waals surface area contributed by atoms with E-state index in [9.17, 15) is 4.79 Å². The third kappa shape index (κ3) is 4.49. The SMILES string of the molecule is COC[C@H](C)Oc1cccc(Oc2cccc(C(=O)O)c2)c1. The molecule has 0 unspecified atom stereocenters. The van der Waals surface area contributed by atoms with E-state index in [1.807, 2.05) is 19.1 Å². The van der Waals surface area contributed by atoms with Gasteiger partial charge in [-0.2, -0.15) is 0 Å². The molecule has 116 valence electrons. The van der Waals surface area contributed by atoms with Crippen LogP contribution in [0.3, 0.4) is 0 Å². The van der Waals surface area contributed by atoms with Gasteiger partial charge in [-0.15, -0.1) is 0 Å². The van der Waals surface area contributed by atoms with E-state index in [1.54, 1.807) is 31.4 Å². The van der Waals surface area contributed by atoms with E-state index in [1.165, 1.54) is 12.1 Å². The zero-order valence-electron chi connectivity index (χ0n) is 12.5. The monoisotopic (exact) mass is 302 g/mol. The first-order chi connectivity index (χ1) is 10.6. The number of rotatable bonds is 7. The minimum absolute atomic E-state index is 0.0735. The third-order valence-electron chi connectivity index (χ3n) is 2.86. The van der Waals surface area contributed by atoms with E-state index in [4.69, 9.17) is 19.3 Å². The zero-order valence-corrected chi connectivity index (χ0v) is 12.5. The third-order valence-corrected chi connectivity index (χ3v) is 2.86. The van der Waals surface area contributed by atoms with Gasteiger partial charge in [0.15, 0.2) is 0 Å². The van der Waals surface area contributed by atoms with Crippen LogP contribution in [-0.2, 0) is 4.74 Å². The average Bonchev–Trinajstić information content (AvgIpc) is 2.48. The van der Waals surface area contributed by atoms with Crippen molar-refractivity contribution in [1.29, 1.82) is 0 Å². The molecular weight excluding hydrogens is 284 g/mol. The lowest BCUT2D eigenvalue weighted by molar-refractivity contribution is 0.0696. The van der Waals surface area contributed by atoms with Crippen molar-refractivity contribution in [3.05, 3.63) is 54.1 Å². The first-order valence-corrected chi connectivity index (χ1v) is 6.85. The Morgan fingerprint density at radius 3 is 2.41 bits per heavy atom. The number of aromatic carboxylic acids is 1. The van der Waals surface area contributed by atoms with Crippen LogP contribution >= 0.6 is 0 Å². The summed E-state index contributed by atoms with van der Waals surface area (Å²) in [6.45, 7) is 2.40. The lowest BCUT2D eigenvalue weighted by Gasteiger charge is -2.14. The number of carboxylic acid groups (broad SMARTS) is 1. The molecule has 2 aromatic carbocycles. The smallest absolute Gasteiger partial charge is 0.335 e. The second-order valence-electron chi connectivity index (χ2n) is 4.79. The summed E-state index contributed by atoms with van der Waals surface area (Å²) in [6, 6.07) is 13.5. The minimum atomic E-state index is -0.990. The van der Waals surface area contributed by atoms with Crippen molar-refractivity contribution in [2.45, 2.75) is 13.0 Å². The predicted molar refractivity (Wildman–Crippen MR) is 81.9 cm³/mol. The molecule has 0 aromatic heterocycles. The Morgan fingerprint density at radius 1 is 1.09 bits per heavy atom. The summed E-state index contributed by atoms with van der Waals surface area (Å²) in [5.41, 5.74) is 0.179. The van der Waals surface area contributed by atoms with Gasteiger partial charge in [-0.3, -0.25) is 0 Å². The maximum Gasteiger partial charge on any atom is 0.335 e. The van der Waals surface area contributed by atoms with E-state index in [2.05, 4.69) is 0 Å². The van der Waals surface area contributed by atoms with Crippen LogP contribution in [-0.4, -0.2) is 30.9 Å². The fourth-order valence-corrected chi connectivity index (χ4v) is 1.94. The molecule has 0 aliphatic rings. The van der Waals surface area contributed by atoms with E-state index >= 15 is 0 Å². The topological polar surface area (TPSA) is 65.0 Å². The summed E-state index contributed by atoms with van der Waals surface area (Å²) in [5.74, 6) is 0.707. The van der Waals surface area contributed by atoms with Crippen LogP contribution < -0.4 is 9.47 Å². The number of benzene rings is 2. The van der Waals surface area contributed by atoms with Gasteiger partial charge in [-0.25, -0.2) is 4.79 Å². The van der Waals surface area contributed by atoms with Gasteiger partial charge >= 0.3 is 5.97 Å². The van der Waals surface area contributed by atoms with Crippen molar-refractivity contribution < 1.29 is 24.1 Å². The van der Waals surface area contributed by atoms with Crippen molar-refractivity contribution in [3.8, 4) is 17.2 Å². The molecule has 0 heterocycles. The van der Waals surface area contributed by atoms with E-state index in [0.29, 0.717) is 23.9 Å². The lowest BCUT2D eigenvalue weighted by atomic mass is 10.2. The molecule has 1 N–H and O–H groups in total. The number of ether oxygens (including phenoxy) is 3. The number of hydrogen-bond acceptors (Lipinski definition) is 4. The van der Waals surface area contributed by atoms with Gasteiger partial charge in [0.25, 0.3) is 0 Å². The maximum atomic E-state index is 11.0. The Bertz CT molecular complexity index is 638. The first-order valence-electron chi connectivity index (χ1n) is 6.85. The van der Waals surface area contributed by atoms with Crippen molar-refractivity contribution in [3.63, 3.8) is 0 Å². The number of hydrogen-bond donors (Lipinski definition) is 1. The standard InChI is InChI=1S/C17H18O5/c1-12(11-20-2)21-15-7-4-8-16(10-15)22-14-6-3-5-13(9-14)17(18)19/h3-10,12H,11H2,1-2H3,(H,18,19)/t12-/m0/s1. The van der Waals surface area contributed by atoms with Crippen molar-refractivity contribution >= 4 is 5.97 Å². The fraction of sp³-hybridized carbons (Fsp3) is 0.235. The summed E-state index contributed by atoms with van der Waals surface area (Å²) in [4.78, 5) is 11.0. The molecule has 0 fully saturated rings. The van der Waals surface area contributed by atoms with Crippen LogP contribution in [0.25, 0.3) is 0 Å². The van der Waals surface area contributed by atoms with Crippen LogP contribution in [0.5, 0.6) is 17.2 Å². The van der Waals surface area contributed by atoms with Crippen molar-refractivity contribution in [2.24, 2.45) is 0 Å². The number of carbonyl (C=O) groups is 1. The molecule has 0 saturated carbocycles. The van der Waals surface area contributed by atoms with E-state index in [0.717, 1.165) is 0 Å². The van der Waals surface area contributed by atoms with Crippen molar-refractivity contribution in [2.75, 3.05) is 13.7 Å². The van der Waals surface area contributed by atoms with E-state index < -0.39 is 5.97 Å². The number of methoxy groups -OCH3 is 1. The largest absolute Gasteiger partial charge is 0.488 e. The molecule has 2 aromatic rings. The quantitative estimate of drug-likeness (QED) is 0.846. The molecule has 1 atom stereocenters. The summed E-state index contributed by atoms with van der Waals surface area (Å²) >= 11 is 0. The molecule has 0 saturated heterocycles. The molecule has 0 aliphatic carbocycles. The summed E-state index contributed by atoms with van der Waals surface area (Å²) < 4.78 is 16.4. The molecule has 22 heavy (non-hydrogen) atoms. The highest BCUT2D eigenvalue weighted by Gasteiger charge is 2.07. The van der Waals surface area contributed by atoms with Crippen LogP contribution in [0.1, 0.15) is 17.3 Å². The highest BCUT2D eigenvalue weighted by Crippen LogP contribution is 2.26. The second-order valence-corrected chi connectivity index (χ2v) is 4.79. The fourth-order valence-electron chi connectivity index (χ4n) is 1.94. The normalized spacial score (nSPS) is 11.7. The van der Waals surface area contributed by atoms with Crippen molar-refractivity contribution in [1.82, 2.24) is 0 Å². The Kier molecular flexibility index (Phi) is 5.38. The molecular formula is C17H18O5. The Balaban J connectivity index is 2.10. The molecule has 0 aliphatic heterocycles. The summed E-state index contributed by atoms with van der Waals surface area (Å²) in [5, 5.41) is 8.98. The Labute approximate surface area is 129 Å². The highest BCUT2D eigenvalue weighted by molar-refractivity contribution is 5.88. The van der Waals surface area contributed by atoms with Gasteiger partial charge in [0.05, 0.1) is 12.2 Å². The average molecular weight is 302 g/mol. The Morgan fingerprint density at radius 2 is 1.73 bits per heavy atom. The maximum absolute atomic E-state index is 11.0. The second kappa shape index (κ2) is 7.47. The van der Waals surface area contributed by atoms with Gasteiger partial charge in [-0.05, 0) is 37.3 Å². The Hall–Kier alpha value is -2.53. The lowest BCUT2D eigenvalue weighted by Crippen LogP contribution is -2.17. The molecule has 0 radical (unpaired) electrons. The highest BCUT2D eigenvalue weighted by atomic mass is 16.5. The molecule has 2 rings (SSSR count). The predicted octanol–water partition coefficient (Wildman–Crippen LogP) is 3.59. The van der Waals surface area contributed by atoms with Gasteiger partial charge < -0.3 is 19.3 Å². The van der Waals surface area contributed by atoms with Crippen LogP contribution in [0.2, 0.25) is 0 Å². The first kappa shape index (κ1) is 15.9. The summed E-state index contributed by atoms with van der Waals surface area (Å²) in [7, 11) is 1.62. The van der Waals surface area contributed by atoms with Crippen LogP contribution in [0.4, 0.5) is 0 Å². The van der Waals surface area contributed by atoms with Gasteiger partial charge in [0.1, 0.15) is 23.4 Å². The van der Waals surface area contributed by atoms with Crippen LogP contribution in [0.15, 0.2) is 48.5 Å². The van der Waals surface area contributed by atoms with Gasteiger partial charge in [0, 0.05) is 13.2 Å². The molecule has 5 nitrogen and oxygen atoms in total. The minimum Gasteiger partial charge on any atom is -0.488 e. The summed E-state index contributed by atoms with van der Waals surface area (Å²) in [6.07, 6.45) is -0.0735. The number of carboxylic acids is 1. The van der Waals surface area contributed by atoms with E-state index in [-0.39, 0.29) is 11.7 Å². The molecule has 0 bridgehead atoms. The zero-order chi connectivity index (χ0) is 15.9. The van der Waals surface area contributed by atoms with Gasteiger partial charge in [-0.1, -0.05) is 12.1 Å². The molecule has 0 amide bonds. The molecule has 5 heteroatoms. The van der Waals surface area contributed by atoms with Gasteiger partial charge in [0.2, 0.25) is 0 Å². The molecule has 0 spiro atoms.